The summed E-state index contributed by atoms with van der Waals surface area (Å²) in [6, 6.07) is 5.91. The van der Waals surface area contributed by atoms with Gasteiger partial charge in [0.25, 0.3) is 0 Å². The first-order valence-corrected chi connectivity index (χ1v) is 4.64. The lowest BCUT2D eigenvalue weighted by Crippen LogP contribution is -1.83. The molecule has 0 fully saturated rings. The molecule has 0 bridgehead atoms. The number of pyridine rings is 1. The van der Waals surface area contributed by atoms with E-state index in [1.807, 2.05) is 49.6 Å². The summed E-state index contributed by atoms with van der Waals surface area (Å²) < 4.78 is 1.86. The molecule has 0 aliphatic heterocycles. The summed E-state index contributed by atoms with van der Waals surface area (Å²) in [5.41, 5.74) is 2.50. The Balaban J connectivity index is 0.000000461. The summed E-state index contributed by atoms with van der Waals surface area (Å²) in [7, 11) is 0. The van der Waals surface area contributed by atoms with Crippen molar-refractivity contribution in [3.8, 4) is 6.07 Å². The summed E-state index contributed by atoms with van der Waals surface area (Å²) in [6.07, 6.45) is 3.60. The van der Waals surface area contributed by atoms with Crippen molar-refractivity contribution in [2.45, 2.75) is 20.8 Å². The Hall–Kier alpha value is -1.82. The molecule has 0 atom stereocenters. The largest absolute Gasteiger partial charge is 0.305 e. The second-order valence-corrected chi connectivity index (χ2v) is 2.70. The van der Waals surface area contributed by atoms with Crippen molar-refractivity contribution in [2.24, 2.45) is 0 Å². The van der Waals surface area contributed by atoms with Crippen LogP contribution in [0.2, 0.25) is 0 Å². The Labute approximate surface area is 83.6 Å². The molecule has 2 rings (SSSR count). The van der Waals surface area contributed by atoms with Crippen LogP contribution in [0.3, 0.4) is 0 Å². The van der Waals surface area contributed by atoms with Crippen LogP contribution in [-0.4, -0.2) is 9.38 Å². The molecule has 0 saturated heterocycles. The Morgan fingerprint density at radius 3 is 2.71 bits per heavy atom. The van der Waals surface area contributed by atoms with Gasteiger partial charge in [0.2, 0.25) is 0 Å². The normalized spacial score (nSPS) is 9.00. The Morgan fingerprint density at radius 1 is 1.36 bits per heavy atom. The van der Waals surface area contributed by atoms with Gasteiger partial charge >= 0.3 is 0 Å². The minimum Gasteiger partial charge on any atom is -0.305 e. The maximum Gasteiger partial charge on any atom is 0.166 e. The molecule has 0 aromatic carbocycles. The minimum atomic E-state index is 0.481. The molecule has 2 heterocycles. The van der Waals surface area contributed by atoms with E-state index in [2.05, 4.69) is 4.98 Å². The lowest BCUT2D eigenvalue weighted by Gasteiger charge is -1.94. The number of fused-ring (bicyclic) bond motifs is 1. The molecule has 3 heteroatoms. The van der Waals surface area contributed by atoms with Gasteiger partial charge in [-0.25, -0.2) is 4.98 Å². The third kappa shape index (κ3) is 1.74. The molecule has 0 N–H and O–H groups in total. The highest BCUT2D eigenvalue weighted by molar-refractivity contribution is 5.57. The molecule has 0 spiro atoms. The van der Waals surface area contributed by atoms with Crippen molar-refractivity contribution in [2.75, 3.05) is 0 Å². The standard InChI is InChI=1S/C9H7N3.C2H6/c1-7-2-3-9-8(4-10)11-6-12(9)5-7;1-2/h2-3,5-6H,1H3;1-2H3. The van der Waals surface area contributed by atoms with E-state index in [4.69, 9.17) is 5.26 Å². The summed E-state index contributed by atoms with van der Waals surface area (Å²) in [5, 5.41) is 8.67. The molecule has 0 aliphatic rings. The van der Waals surface area contributed by atoms with Gasteiger partial charge in [0, 0.05) is 6.20 Å². The molecule has 0 aliphatic carbocycles. The van der Waals surface area contributed by atoms with E-state index in [9.17, 15) is 0 Å². The van der Waals surface area contributed by atoms with E-state index in [0.29, 0.717) is 5.69 Å². The predicted octanol–water partition coefficient (Wildman–Crippen LogP) is 2.54. The summed E-state index contributed by atoms with van der Waals surface area (Å²) in [5.74, 6) is 0. The van der Waals surface area contributed by atoms with Crippen LogP contribution in [-0.2, 0) is 0 Å². The first-order chi connectivity index (χ1) is 6.81. The van der Waals surface area contributed by atoms with Gasteiger partial charge in [0.05, 0.1) is 5.52 Å². The van der Waals surface area contributed by atoms with Crippen LogP contribution < -0.4 is 0 Å². The van der Waals surface area contributed by atoms with Gasteiger partial charge < -0.3 is 4.40 Å². The topological polar surface area (TPSA) is 41.1 Å². The molecular formula is C11H13N3. The highest BCUT2D eigenvalue weighted by atomic mass is 15.0. The SMILES string of the molecule is CC.Cc1ccc2c(C#N)ncn2c1. The van der Waals surface area contributed by atoms with Crippen LogP contribution >= 0.6 is 0 Å². The number of aromatic nitrogens is 2. The number of hydrogen-bond acceptors (Lipinski definition) is 2. The molecular weight excluding hydrogens is 174 g/mol. The first kappa shape index (κ1) is 10.3. The number of nitriles is 1. The van der Waals surface area contributed by atoms with Gasteiger partial charge in [-0.05, 0) is 18.6 Å². The van der Waals surface area contributed by atoms with Crippen molar-refractivity contribution >= 4 is 5.52 Å². The smallest absolute Gasteiger partial charge is 0.166 e. The van der Waals surface area contributed by atoms with Crippen LogP contribution in [0.25, 0.3) is 5.52 Å². The molecule has 14 heavy (non-hydrogen) atoms. The third-order valence-corrected chi connectivity index (χ3v) is 1.78. The number of imidazole rings is 1. The van der Waals surface area contributed by atoms with Crippen molar-refractivity contribution in [1.29, 1.82) is 5.26 Å². The van der Waals surface area contributed by atoms with Gasteiger partial charge in [-0.2, -0.15) is 5.26 Å². The maximum atomic E-state index is 8.67. The van der Waals surface area contributed by atoms with E-state index < -0.39 is 0 Å². The molecule has 0 saturated carbocycles. The zero-order valence-electron chi connectivity index (χ0n) is 8.65. The Kier molecular flexibility index (Phi) is 3.24. The van der Waals surface area contributed by atoms with Crippen molar-refractivity contribution in [3.63, 3.8) is 0 Å². The summed E-state index contributed by atoms with van der Waals surface area (Å²) in [4.78, 5) is 3.96. The van der Waals surface area contributed by atoms with Gasteiger partial charge in [-0.15, -0.1) is 0 Å². The summed E-state index contributed by atoms with van der Waals surface area (Å²) in [6.45, 7) is 6.01. The van der Waals surface area contributed by atoms with Gasteiger partial charge in [0.15, 0.2) is 5.69 Å². The van der Waals surface area contributed by atoms with Crippen LogP contribution in [0.15, 0.2) is 24.7 Å². The third-order valence-electron chi connectivity index (χ3n) is 1.78. The number of hydrogen-bond donors (Lipinski definition) is 0. The molecule has 72 valence electrons. The second kappa shape index (κ2) is 4.43. The van der Waals surface area contributed by atoms with E-state index >= 15 is 0 Å². The van der Waals surface area contributed by atoms with Crippen LogP contribution in [0, 0.1) is 18.3 Å². The fourth-order valence-corrected chi connectivity index (χ4v) is 1.20. The predicted molar refractivity (Wildman–Crippen MR) is 56.0 cm³/mol. The zero-order valence-corrected chi connectivity index (χ0v) is 8.65. The quantitative estimate of drug-likeness (QED) is 0.636. The highest BCUT2D eigenvalue weighted by Crippen LogP contribution is 2.09. The van der Waals surface area contributed by atoms with E-state index in [1.54, 1.807) is 6.33 Å². The number of aryl methyl sites for hydroxylation is 1. The average Bonchev–Trinajstić information content (AvgIpc) is 2.62. The van der Waals surface area contributed by atoms with Crippen molar-refractivity contribution in [3.05, 3.63) is 35.9 Å². The molecule has 0 unspecified atom stereocenters. The van der Waals surface area contributed by atoms with Crippen LogP contribution in [0.5, 0.6) is 0 Å². The monoisotopic (exact) mass is 187 g/mol. The second-order valence-electron chi connectivity index (χ2n) is 2.70. The fraction of sp³-hybridized carbons (Fsp3) is 0.273. The molecule has 0 radical (unpaired) electrons. The fourth-order valence-electron chi connectivity index (χ4n) is 1.20. The van der Waals surface area contributed by atoms with Gasteiger partial charge in [-0.1, -0.05) is 19.9 Å². The molecule has 3 nitrogen and oxygen atoms in total. The molecule has 2 aromatic heterocycles. The van der Waals surface area contributed by atoms with Crippen molar-refractivity contribution in [1.82, 2.24) is 9.38 Å². The highest BCUT2D eigenvalue weighted by Gasteiger charge is 2.00. The van der Waals surface area contributed by atoms with Gasteiger partial charge in [-0.3, -0.25) is 0 Å². The van der Waals surface area contributed by atoms with E-state index in [-0.39, 0.29) is 0 Å². The molecule has 0 amide bonds. The van der Waals surface area contributed by atoms with E-state index in [1.165, 1.54) is 0 Å². The minimum absolute atomic E-state index is 0.481. The van der Waals surface area contributed by atoms with Crippen molar-refractivity contribution < 1.29 is 0 Å². The Morgan fingerprint density at radius 2 is 2.07 bits per heavy atom. The van der Waals surface area contributed by atoms with Gasteiger partial charge in [0.1, 0.15) is 12.4 Å². The molecule has 2 aromatic rings. The van der Waals surface area contributed by atoms with Crippen LogP contribution in [0.4, 0.5) is 0 Å². The van der Waals surface area contributed by atoms with Crippen LogP contribution in [0.1, 0.15) is 25.1 Å². The zero-order chi connectivity index (χ0) is 10.6. The average molecular weight is 187 g/mol. The lowest BCUT2D eigenvalue weighted by atomic mass is 10.3. The first-order valence-electron chi connectivity index (χ1n) is 4.64. The number of rotatable bonds is 0. The Bertz CT molecular complexity index is 463. The maximum absolute atomic E-state index is 8.67. The summed E-state index contributed by atoms with van der Waals surface area (Å²) >= 11 is 0. The number of nitrogens with zero attached hydrogens (tertiary/aromatic N) is 3. The lowest BCUT2D eigenvalue weighted by molar-refractivity contribution is 1.13. The van der Waals surface area contributed by atoms with E-state index in [0.717, 1.165) is 11.1 Å².